The molecule has 0 aliphatic heterocycles. The van der Waals surface area contributed by atoms with Crippen LogP contribution in [-0.4, -0.2) is 20.3 Å². The van der Waals surface area contributed by atoms with Gasteiger partial charge in [0, 0.05) is 12.3 Å². The highest BCUT2D eigenvalue weighted by Gasteiger charge is 2.33. The molecule has 59 valence electrons. The van der Waals surface area contributed by atoms with Gasteiger partial charge in [-0.25, -0.2) is 0 Å². The molecule has 1 aliphatic rings. The van der Waals surface area contributed by atoms with E-state index >= 15 is 0 Å². The fourth-order valence-corrected chi connectivity index (χ4v) is 1.54. The van der Waals surface area contributed by atoms with Gasteiger partial charge in [-0.15, -0.1) is 0 Å². The Bertz CT molecular complexity index is 210. The molecule has 11 heavy (non-hydrogen) atoms. The molecule has 0 aromatic rings. The molecule has 0 spiro atoms. The van der Waals surface area contributed by atoms with E-state index in [1.807, 2.05) is 6.92 Å². The SMILES string of the molecule is [3H][B]SO[C@@H]1CC(=O)C(=C)[C@H]1C. The smallest absolute Gasteiger partial charge is 0.209 e. The highest BCUT2D eigenvalue weighted by atomic mass is 32.2. The number of carbonyl (C=O) groups is 1. The molecule has 1 rings (SSSR count). The van der Waals surface area contributed by atoms with Crippen molar-refractivity contribution in [2.45, 2.75) is 19.4 Å². The third-order valence-corrected chi connectivity index (χ3v) is 2.39. The van der Waals surface area contributed by atoms with E-state index in [0.29, 0.717) is 12.0 Å². The summed E-state index contributed by atoms with van der Waals surface area (Å²) in [5, 5.41) is 0. The highest BCUT2D eigenvalue weighted by Crippen LogP contribution is 2.30. The Morgan fingerprint density at radius 2 is 2.73 bits per heavy atom. The molecule has 1 aliphatic carbocycles. The van der Waals surface area contributed by atoms with Crippen molar-refractivity contribution in [2.75, 3.05) is 0 Å². The third kappa shape index (κ3) is 1.68. The van der Waals surface area contributed by atoms with Crippen LogP contribution in [0.15, 0.2) is 12.2 Å². The van der Waals surface area contributed by atoms with Crippen LogP contribution in [0.4, 0.5) is 0 Å². The molecule has 0 N–H and O–H groups in total. The Morgan fingerprint density at radius 3 is 3.18 bits per heavy atom. The van der Waals surface area contributed by atoms with E-state index in [1.165, 1.54) is 0 Å². The molecule has 1 fully saturated rings. The molecule has 0 aromatic carbocycles. The summed E-state index contributed by atoms with van der Waals surface area (Å²) in [5.41, 5.74) is 0.644. The lowest BCUT2D eigenvalue weighted by atomic mass is 10.1. The molecule has 1 saturated carbocycles. The Morgan fingerprint density at radius 1 is 2.00 bits per heavy atom. The normalized spacial score (nSPS) is 32.3. The second-order valence-corrected chi connectivity index (χ2v) is 3.06. The van der Waals surface area contributed by atoms with Crippen molar-refractivity contribution >= 4 is 24.8 Å². The zero-order valence-corrected chi connectivity index (χ0v) is 7.19. The largest absolute Gasteiger partial charge is 0.324 e. The summed E-state index contributed by atoms with van der Waals surface area (Å²) in [7, 11) is 1.11. The third-order valence-electron chi connectivity index (χ3n) is 2.03. The first-order chi connectivity index (χ1) is 5.66. The monoisotopic (exact) mass is 171 g/mol. The summed E-state index contributed by atoms with van der Waals surface area (Å²) < 4.78 is 11.9. The number of hydrogen-bond donors (Lipinski definition) is 0. The van der Waals surface area contributed by atoms with Crippen molar-refractivity contribution in [1.29, 1.82) is 1.34 Å². The predicted octanol–water partition coefficient (Wildman–Crippen LogP) is 1.00. The van der Waals surface area contributed by atoms with E-state index < -0.39 is 0 Å². The Hall–Kier alpha value is -0.215. The van der Waals surface area contributed by atoms with Crippen LogP contribution in [0, 0.1) is 5.92 Å². The fourth-order valence-electron chi connectivity index (χ4n) is 1.16. The number of rotatable bonds is 3. The molecule has 0 saturated heterocycles. The summed E-state index contributed by atoms with van der Waals surface area (Å²) in [6.45, 7) is 5.60. The zero-order valence-electron chi connectivity index (χ0n) is 7.37. The molecule has 4 heteroatoms. The minimum absolute atomic E-state index is 0.0816. The molecule has 0 amide bonds. The molecular formula is C7H10BO2S. The first kappa shape index (κ1) is 7.43. The van der Waals surface area contributed by atoms with Gasteiger partial charge in [0.15, 0.2) is 5.78 Å². The van der Waals surface area contributed by atoms with Crippen molar-refractivity contribution in [3.8, 4) is 0 Å². The summed E-state index contributed by atoms with van der Waals surface area (Å²) in [5.74, 6) is 0.169. The summed E-state index contributed by atoms with van der Waals surface area (Å²) in [4.78, 5) is 11.1. The first-order valence-electron chi connectivity index (χ1n) is 3.98. The van der Waals surface area contributed by atoms with Gasteiger partial charge in [-0.3, -0.25) is 4.79 Å². The molecule has 2 nitrogen and oxygen atoms in total. The quantitative estimate of drug-likeness (QED) is 0.360. The maximum Gasteiger partial charge on any atom is 0.209 e. The molecule has 0 unspecified atom stereocenters. The van der Waals surface area contributed by atoms with Crippen LogP contribution in [0.5, 0.6) is 0 Å². The van der Waals surface area contributed by atoms with Gasteiger partial charge in [-0.2, -0.15) is 0 Å². The van der Waals surface area contributed by atoms with Crippen LogP contribution in [0.3, 0.4) is 0 Å². The van der Waals surface area contributed by atoms with Crippen molar-refractivity contribution in [3.63, 3.8) is 0 Å². The van der Waals surface area contributed by atoms with Crippen LogP contribution < -0.4 is 0 Å². The molecular weight excluding hydrogens is 159 g/mol. The van der Waals surface area contributed by atoms with Gasteiger partial charge < -0.3 is 4.18 Å². The van der Waals surface area contributed by atoms with Crippen molar-refractivity contribution in [2.24, 2.45) is 5.92 Å². The summed E-state index contributed by atoms with van der Waals surface area (Å²) >= 11 is 0.962. The topological polar surface area (TPSA) is 26.3 Å². The average molecular weight is 171 g/mol. The number of carbonyl (C=O) groups excluding carboxylic acids is 1. The van der Waals surface area contributed by atoms with Gasteiger partial charge in [0.05, 0.1) is 6.10 Å². The lowest BCUT2D eigenvalue weighted by Gasteiger charge is -2.12. The fraction of sp³-hybridized carbons (Fsp3) is 0.571. The Kier molecular flexibility index (Phi) is 2.33. The lowest BCUT2D eigenvalue weighted by molar-refractivity contribution is -0.115. The first-order valence-corrected chi connectivity index (χ1v) is 4.21. The molecule has 2 atom stereocenters. The minimum Gasteiger partial charge on any atom is -0.324 e. The van der Waals surface area contributed by atoms with Gasteiger partial charge in [-0.05, 0) is 6.91 Å². The van der Waals surface area contributed by atoms with Crippen LogP contribution in [0.2, 0.25) is 0 Å². The van der Waals surface area contributed by atoms with Crippen molar-refractivity contribution in [1.82, 2.24) is 0 Å². The molecule has 0 heterocycles. The molecule has 1 radical (unpaired) electrons. The predicted molar refractivity (Wildman–Crippen MR) is 47.5 cm³/mol. The number of hydrogen-bond acceptors (Lipinski definition) is 3. The van der Waals surface area contributed by atoms with Crippen LogP contribution in [-0.2, 0) is 8.98 Å². The van der Waals surface area contributed by atoms with E-state index in [-0.39, 0.29) is 17.8 Å². The molecule has 0 aromatic heterocycles. The van der Waals surface area contributed by atoms with Gasteiger partial charge in [0.2, 0.25) is 7.09 Å². The van der Waals surface area contributed by atoms with Crippen molar-refractivity contribution in [3.05, 3.63) is 12.2 Å². The van der Waals surface area contributed by atoms with E-state index in [0.717, 1.165) is 19.0 Å². The zero-order chi connectivity index (χ0) is 9.14. The van der Waals surface area contributed by atoms with Crippen LogP contribution >= 0.6 is 11.9 Å². The number of Topliss-reactive ketones (excluding diaryl/α,β-unsaturated/α-hetero) is 1. The second kappa shape index (κ2) is 3.45. The van der Waals surface area contributed by atoms with E-state index in [2.05, 4.69) is 6.58 Å². The summed E-state index contributed by atoms with van der Waals surface area (Å²) in [6, 6.07) is 0. The van der Waals surface area contributed by atoms with Crippen LogP contribution in [0.1, 0.15) is 13.3 Å². The Balaban J connectivity index is 2.47. The maximum absolute atomic E-state index is 11.1. The number of ketones is 1. The molecule has 0 bridgehead atoms. The Labute approximate surface area is 73.2 Å². The van der Waals surface area contributed by atoms with Gasteiger partial charge in [0.1, 0.15) is 0 Å². The van der Waals surface area contributed by atoms with E-state index in [9.17, 15) is 4.79 Å². The van der Waals surface area contributed by atoms with Gasteiger partial charge >= 0.3 is 0 Å². The average Bonchev–Trinajstić information content (AvgIpc) is 2.30. The van der Waals surface area contributed by atoms with E-state index in [4.69, 9.17) is 5.52 Å². The standard InChI is InChI=1S/C7H10BO2S/c1-4-5(2)7(10-11-8)3-6(4)9/h5,7-8H,1,3H2,2H3/t5-,7-/m1/s1/i8T. The van der Waals surface area contributed by atoms with Crippen molar-refractivity contribution < 1.29 is 8.98 Å². The van der Waals surface area contributed by atoms with Gasteiger partial charge in [0.25, 0.3) is 0 Å². The van der Waals surface area contributed by atoms with E-state index in [1.54, 1.807) is 0 Å². The van der Waals surface area contributed by atoms with Gasteiger partial charge in [-0.1, -0.05) is 25.4 Å². The summed E-state index contributed by atoms with van der Waals surface area (Å²) in [6.07, 6.45) is 0.303. The minimum atomic E-state index is -0.100. The lowest BCUT2D eigenvalue weighted by Crippen LogP contribution is -2.12. The van der Waals surface area contributed by atoms with Crippen LogP contribution in [0.25, 0.3) is 0 Å². The second-order valence-electron chi connectivity index (χ2n) is 2.67. The maximum atomic E-state index is 11.1. The highest BCUT2D eigenvalue weighted by molar-refractivity contribution is 8.15.